The first-order chi connectivity index (χ1) is 17.3. The number of nitrogen functional groups attached to an aromatic ring is 1. The lowest BCUT2D eigenvalue weighted by atomic mass is 9.64. The molecule has 2 heterocycles. The summed E-state index contributed by atoms with van der Waals surface area (Å²) in [5.41, 5.74) is 5.89. The van der Waals surface area contributed by atoms with Crippen LogP contribution in [0.2, 0.25) is 0 Å². The normalized spacial score (nSPS) is 13.4. The molecule has 36 heavy (non-hydrogen) atoms. The van der Waals surface area contributed by atoms with Gasteiger partial charge >= 0.3 is 0 Å². The highest BCUT2D eigenvalue weighted by atomic mass is 28.3. The Kier molecular flexibility index (Phi) is 7.84. The quantitative estimate of drug-likeness (QED) is 0.280. The fourth-order valence-electron chi connectivity index (χ4n) is 5.01. The third kappa shape index (κ3) is 5.34. The molecule has 0 amide bonds. The Hall–Kier alpha value is -3.11. The van der Waals surface area contributed by atoms with Gasteiger partial charge in [-0.1, -0.05) is 81.4 Å². The van der Waals surface area contributed by atoms with Crippen LogP contribution in [0, 0.1) is 16.7 Å². The van der Waals surface area contributed by atoms with Crippen LogP contribution in [-0.2, 0) is 11.0 Å². The van der Waals surface area contributed by atoms with Crippen molar-refractivity contribution in [1.82, 2.24) is 19.5 Å². The number of hydrogen-bond acceptors (Lipinski definition) is 7. The third-order valence-electron chi connectivity index (χ3n) is 6.96. The number of aliphatic hydroxyl groups is 2. The molecule has 9 heteroatoms. The van der Waals surface area contributed by atoms with Crippen LogP contribution >= 0.6 is 0 Å². The van der Waals surface area contributed by atoms with E-state index in [0.29, 0.717) is 30.1 Å². The number of anilines is 1. The smallest absolute Gasteiger partial charge is 0.239 e. The zero-order valence-electron chi connectivity index (χ0n) is 21.1. The van der Waals surface area contributed by atoms with E-state index in [0.717, 1.165) is 0 Å². The molecule has 0 spiro atoms. The highest BCUT2D eigenvalue weighted by molar-refractivity contribution is 6.80. The van der Waals surface area contributed by atoms with E-state index < -0.39 is 14.5 Å². The SMILES string of the molecule is CC(C)(C)C(CO[SiH](c1ccccc1)c1ccccc1)C(CO)(CO)Cn1cnc2c(N)ncnc21. The first kappa shape index (κ1) is 26.0. The third-order valence-corrected chi connectivity index (χ3v) is 9.47. The van der Waals surface area contributed by atoms with Crippen LogP contribution in [0.5, 0.6) is 0 Å². The molecule has 0 fully saturated rings. The van der Waals surface area contributed by atoms with Crippen molar-refractivity contribution in [1.29, 1.82) is 0 Å². The molecule has 0 saturated carbocycles. The molecule has 1 atom stereocenters. The number of benzene rings is 2. The minimum Gasteiger partial charge on any atom is -0.411 e. The van der Waals surface area contributed by atoms with Crippen LogP contribution in [0.15, 0.2) is 73.3 Å². The number of imidazole rings is 1. The minimum atomic E-state index is -2.01. The van der Waals surface area contributed by atoms with Crippen LogP contribution in [0.3, 0.4) is 0 Å². The van der Waals surface area contributed by atoms with E-state index in [1.807, 2.05) is 41.0 Å². The Morgan fingerprint density at radius 1 is 0.917 bits per heavy atom. The van der Waals surface area contributed by atoms with Crippen molar-refractivity contribution in [2.45, 2.75) is 27.3 Å². The lowest BCUT2D eigenvalue weighted by molar-refractivity contribution is -0.0687. The summed E-state index contributed by atoms with van der Waals surface area (Å²) in [6.07, 6.45) is 3.04. The average molecular weight is 506 g/mol. The van der Waals surface area contributed by atoms with Crippen LogP contribution in [0.4, 0.5) is 5.82 Å². The van der Waals surface area contributed by atoms with Gasteiger partial charge in [0.15, 0.2) is 11.5 Å². The molecule has 190 valence electrons. The molecule has 0 aliphatic heterocycles. The number of nitrogens with two attached hydrogens (primary N) is 1. The van der Waals surface area contributed by atoms with Gasteiger partial charge in [0.1, 0.15) is 11.8 Å². The summed E-state index contributed by atoms with van der Waals surface area (Å²) < 4.78 is 8.62. The van der Waals surface area contributed by atoms with Crippen molar-refractivity contribution in [3.8, 4) is 0 Å². The molecule has 4 aromatic rings. The molecule has 1 unspecified atom stereocenters. The monoisotopic (exact) mass is 505 g/mol. The van der Waals surface area contributed by atoms with Gasteiger partial charge in [-0.25, -0.2) is 15.0 Å². The molecular weight excluding hydrogens is 470 g/mol. The number of aromatic nitrogens is 4. The number of fused-ring (bicyclic) bond motifs is 1. The van der Waals surface area contributed by atoms with Crippen LogP contribution in [-0.4, -0.2) is 58.6 Å². The number of nitrogens with zero attached hydrogens (tertiary/aromatic N) is 4. The largest absolute Gasteiger partial charge is 0.411 e. The van der Waals surface area contributed by atoms with E-state index in [2.05, 4.69) is 60.0 Å². The molecule has 4 rings (SSSR count). The van der Waals surface area contributed by atoms with Crippen molar-refractivity contribution in [3.63, 3.8) is 0 Å². The molecule has 2 aromatic heterocycles. The molecule has 0 saturated heterocycles. The summed E-state index contributed by atoms with van der Waals surface area (Å²) in [5.74, 6) is 0.117. The Morgan fingerprint density at radius 3 is 2.03 bits per heavy atom. The summed E-state index contributed by atoms with van der Waals surface area (Å²) in [6.45, 7) is 6.60. The van der Waals surface area contributed by atoms with E-state index >= 15 is 0 Å². The fraction of sp³-hybridized carbons (Fsp3) is 0.370. The van der Waals surface area contributed by atoms with Gasteiger partial charge in [0.2, 0.25) is 9.04 Å². The zero-order chi connectivity index (χ0) is 25.8. The summed E-state index contributed by atoms with van der Waals surface area (Å²) in [6, 6.07) is 20.6. The predicted molar refractivity (Wildman–Crippen MR) is 145 cm³/mol. The number of rotatable bonds is 10. The van der Waals surface area contributed by atoms with Gasteiger partial charge in [-0.2, -0.15) is 0 Å². The molecular formula is C27H35N5O3Si. The van der Waals surface area contributed by atoms with Gasteiger partial charge in [0, 0.05) is 18.6 Å². The van der Waals surface area contributed by atoms with E-state index in [-0.39, 0.29) is 24.5 Å². The fourth-order valence-corrected chi connectivity index (χ4v) is 7.31. The predicted octanol–water partition coefficient (Wildman–Crippen LogP) is 1.60. The van der Waals surface area contributed by atoms with Gasteiger partial charge in [-0.15, -0.1) is 0 Å². The maximum absolute atomic E-state index is 10.7. The first-order valence-corrected chi connectivity index (χ1v) is 13.8. The van der Waals surface area contributed by atoms with E-state index in [9.17, 15) is 10.2 Å². The Morgan fingerprint density at radius 2 is 1.50 bits per heavy atom. The Labute approximate surface area is 213 Å². The topological polar surface area (TPSA) is 119 Å². The maximum Gasteiger partial charge on any atom is 0.239 e. The van der Waals surface area contributed by atoms with Gasteiger partial charge < -0.3 is 24.9 Å². The molecule has 0 bridgehead atoms. The van der Waals surface area contributed by atoms with Gasteiger partial charge in [-0.3, -0.25) is 0 Å². The summed E-state index contributed by atoms with van der Waals surface area (Å²) in [4.78, 5) is 12.7. The van der Waals surface area contributed by atoms with Crippen LogP contribution < -0.4 is 16.1 Å². The van der Waals surface area contributed by atoms with E-state index in [1.165, 1.54) is 16.7 Å². The number of aliphatic hydroxyl groups excluding tert-OH is 2. The molecule has 2 aromatic carbocycles. The molecule has 4 N–H and O–H groups in total. The molecule has 0 aliphatic carbocycles. The second kappa shape index (κ2) is 10.9. The van der Waals surface area contributed by atoms with Gasteiger partial charge in [0.25, 0.3) is 0 Å². The minimum absolute atomic E-state index is 0.181. The molecule has 8 nitrogen and oxygen atoms in total. The lowest BCUT2D eigenvalue weighted by Crippen LogP contribution is -2.52. The highest BCUT2D eigenvalue weighted by Crippen LogP contribution is 2.42. The standard InChI is InChI=1S/C27H35N5O3Si/c1-26(2,3)22(14-35-36(20-10-6-4-7-11-20)21-12-8-5-9-13-21)27(16-33,17-34)15-32-19-31-23-24(28)29-18-30-25(23)32/h4-13,18-19,22,33-34,36H,14-17H2,1-3H3,(H2,28,29,30). The zero-order valence-corrected chi connectivity index (χ0v) is 22.2. The summed E-state index contributed by atoms with van der Waals surface area (Å²) >= 11 is 0. The molecule has 0 aliphatic rings. The lowest BCUT2D eigenvalue weighted by Gasteiger charge is -2.45. The summed E-state index contributed by atoms with van der Waals surface area (Å²) in [5, 5.41) is 23.8. The van der Waals surface area contributed by atoms with Crippen molar-refractivity contribution in [2.24, 2.45) is 16.7 Å². The van der Waals surface area contributed by atoms with Crippen LogP contribution in [0.1, 0.15) is 20.8 Å². The highest BCUT2D eigenvalue weighted by Gasteiger charge is 2.45. The van der Waals surface area contributed by atoms with Crippen molar-refractivity contribution in [3.05, 3.63) is 73.3 Å². The van der Waals surface area contributed by atoms with E-state index in [1.54, 1.807) is 6.33 Å². The van der Waals surface area contributed by atoms with Crippen LogP contribution in [0.25, 0.3) is 11.2 Å². The van der Waals surface area contributed by atoms with Crippen molar-refractivity contribution < 1.29 is 14.6 Å². The van der Waals surface area contributed by atoms with E-state index in [4.69, 9.17) is 10.2 Å². The average Bonchev–Trinajstić information content (AvgIpc) is 3.30. The second-order valence-corrected chi connectivity index (χ2v) is 12.9. The number of hydrogen-bond donors (Lipinski definition) is 3. The van der Waals surface area contributed by atoms with Crippen molar-refractivity contribution in [2.75, 3.05) is 25.6 Å². The Bertz CT molecular complexity index is 1220. The summed E-state index contributed by atoms with van der Waals surface area (Å²) in [7, 11) is -2.01. The second-order valence-electron chi connectivity index (χ2n) is 10.4. The molecule has 0 radical (unpaired) electrons. The first-order valence-electron chi connectivity index (χ1n) is 12.1. The van der Waals surface area contributed by atoms with Crippen molar-refractivity contribution >= 4 is 36.4 Å². The maximum atomic E-state index is 10.7. The van der Waals surface area contributed by atoms with Gasteiger partial charge in [-0.05, 0) is 21.7 Å². The Balaban J connectivity index is 1.68. The van der Waals surface area contributed by atoms with Gasteiger partial charge in [0.05, 0.1) is 19.5 Å².